The number of hydrogen-bond acceptors (Lipinski definition) is 5. The number of amides is 1. The van der Waals surface area contributed by atoms with Crippen LogP contribution in [0.4, 0.5) is 17.2 Å². The van der Waals surface area contributed by atoms with E-state index in [0.29, 0.717) is 12.2 Å². The third-order valence-corrected chi connectivity index (χ3v) is 6.37. The van der Waals surface area contributed by atoms with Crippen LogP contribution in [0.25, 0.3) is 0 Å². The molecule has 0 unspecified atom stereocenters. The Morgan fingerprint density at radius 2 is 1.69 bits per heavy atom. The zero-order chi connectivity index (χ0) is 24.8. The fourth-order valence-corrected chi connectivity index (χ4v) is 4.19. The number of pyridine rings is 1. The Morgan fingerprint density at radius 1 is 0.971 bits per heavy atom. The number of anilines is 3. The zero-order valence-corrected chi connectivity index (χ0v) is 21.3. The van der Waals surface area contributed by atoms with Crippen LogP contribution in [0.2, 0.25) is 0 Å². The Kier molecular flexibility index (Phi) is 7.71. The number of rotatable bonds is 7. The van der Waals surface area contributed by atoms with Crippen molar-refractivity contribution in [2.24, 2.45) is 0 Å². The summed E-state index contributed by atoms with van der Waals surface area (Å²) in [6.45, 7) is 13.5. The molecule has 1 fully saturated rings. The molecular formula is C29H36N4O2. The van der Waals surface area contributed by atoms with Crippen molar-refractivity contribution in [3.05, 3.63) is 83.6 Å². The molecule has 6 nitrogen and oxygen atoms in total. The number of ether oxygens (including phenoxy) is 1. The molecule has 2 aromatic carbocycles. The summed E-state index contributed by atoms with van der Waals surface area (Å²) in [5, 5.41) is 3.00. The van der Waals surface area contributed by atoms with Crippen LogP contribution in [0.5, 0.6) is 0 Å². The van der Waals surface area contributed by atoms with E-state index in [2.05, 4.69) is 71.2 Å². The number of nitrogens with one attached hydrogen (secondary N) is 1. The van der Waals surface area contributed by atoms with Crippen molar-refractivity contribution in [2.45, 2.75) is 39.7 Å². The lowest BCUT2D eigenvalue weighted by Gasteiger charge is -2.36. The molecule has 4 rings (SSSR count). The van der Waals surface area contributed by atoms with Crippen molar-refractivity contribution in [2.75, 3.05) is 47.9 Å². The van der Waals surface area contributed by atoms with Crippen LogP contribution in [-0.4, -0.2) is 43.7 Å². The molecule has 0 saturated carbocycles. The lowest BCUT2D eigenvalue weighted by Crippen LogP contribution is -2.46. The third kappa shape index (κ3) is 6.40. The summed E-state index contributed by atoms with van der Waals surface area (Å²) in [4.78, 5) is 22.0. The van der Waals surface area contributed by atoms with E-state index in [1.54, 1.807) is 6.20 Å². The Bertz CT molecular complexity index is 1110. The van der Waals surface area contributed by atoms with Crippen molar-refractivity contribution in [3.8, 4) is 0 Å². The van der Waals surface area contributed by atoms with E-state index in [9.17, 15) is 4.79 Å². The number of carbonyl (C=O) groups excluding carboxylic acids is 1. The van der Waals surface area contributed by atoms with Gasteiger partial charge in [0.2, 0.25) is 0 Å². The largest absolute Gasteiger partial charge is 0.377 e. The topological polar surface area (TPSA) is 57.7 Å². The summed E-state index contributed by atoms with van der Waals surface area (Å²) in [6.07, 6.45) is 1.67. The average Bonchev–Trinajstić information content (AvgIpc) is 2.88. The van der Waals surface area contributed by atoms with Crippen LogP contribution in [0.1, 0.15) is 49.2 Å². The number of benzene rings is 2. The molecule has 1 aromatic heterocycles. The van der Waals surface area contributed by atoms with Gasteiger partial charge in [-0.1, -0.05) is 45.0 Å². The van der Waals surface area contributed by atoms with Crippen LogP contribution < -0.4 is 15.1 Å². The van der Waals surface area contributed by atoms with Gasteiger partial charge in [0.05, 0.1) is 12.2 Å². The Balaban J connectivity index is 1.32. The van der Waals surface area contributed by atoms with Gasteiger partial charge in [0.1, 0.15) is 5.82 Å². The molecule has 1 aliphatic heterocycles. The smallest absolute Gasteiger partial charge is 0.257 e. The van der Waals surface area contributed by atoms with Crippen molar-refractivity contribution in [3.63, 3.8) is 0 Å². The lowest BCUT2D eigenvalue weighted by molar-refractivity contribution is 0.102. The van der Waals surface area contributed by atoms with E-state index >= 15 is 0 Å². The Hall–Kier alpha value is -3.38. The van der Waals surface area contributed by atoms with Gasteiger partial charge in [-0.15, -0.1) is 0 Å². The highest BCUT2D eigenvalue weighted by atomic mass is 16.5. The fourth-order valence-electron chi connectivity index (χ4n) is 4.19. The number of piperazine rings is 1. The molecule has 184 valence electrons. The zero-order valence-electron chi connectivity index (χ0n) is 21.3. The number of nitrogens with zero attached hydrogens (tertiary/aromatic N) is 3. The van der Waals surface area contributed by atoms with Gasteiger partial charge < -0.3 is 19.9 Å². The Morgan fingerprint density at radius 3 is 2.31 bits per heavy atom. The van der Waals surface area contributed by atoms with Crippen molar-refractivity contribution in [1.82, 2.24) is 4.98 Å². The van der Waals surface area contributed by atoms with E-state index in [-0.39, 0.29) is 11.3 Å². The molecule has 35 heavy (non-hydrogen) atoms. The van der Waals surface area contributed by atoms with Crippen molar-refractivity contribution in [1.29, 1.82) is 0 Å². The van der Waals surface area contributed by atoms with Crippen molar-refractivity contribution >= 4 is 23.1 Å². The van der Waals surface area contributed by atoms with Gasteiger partial charge in [-0.3, -0.25) is 4.79 Å². The molecule has 6 heteroatoms. The highest BCUT2D eigenvalue weighted by molar-refractivity contribution is 6.04. The first kappa shape index (κ1) is 24.7. The quantitative estimate of drug-likeness (QED) is 0.492. The predicted octanol–water partition coefficient (Wildman–Crippen LogP) is 5.49. The maximum atomic E-state index is 12.8. The summed E-state index contributed by atoms with van der Waals surface area (Å²) in [5.41, 5.74) is 5.00. The summed E-state index contributed by atoms with van der Waals surface area (Å²) < 4.78 is 5.49. The lowest BCUT2D eigenvalue weighted by atomic mass is 9.87. The van der Waals surface area contributed by atoms with Crippen LogP contribution in [0.3, 0.4) is 0 Å². The van der Waals surface area contributed by atoms with Gasteiger partial charge in [-0.25, -0.2) is 4.98 Å². The second-order valence-electron chi connectivity index (χ2n) is 9.97. The molecule has 1 saturated heterocycles. The van der Waals surface area contributed by atoms with Crippen LogP contribution >= 0.6 is 0 Å². The number of carbonyl (C=O) groups is 1. The monoisotopic (exact) mass is 472 g/mol. The van der Waals surface area contributed by atoms with E-state index in [1.165, 1.54) is 16.8 Å². The minimum absolute atomic E-state index is 0.0288. The third-order valence-electron chi connectivity index (χ3n) is 6.37. The first-order chi connectivity index (χ1) is 16.8. The minimum atomic E-state index is -0.146. The minimum Gasteiger partial charge on any atom is -0.377 e. The van der Waals surface area contributed by atoms with Gasteiger partial charge >= 0.3 is 0 Å². The molecular weight excluding hydrogens is 436 g/mol. The molecule has 0 atom stereocenters. The normalized spacial score (nSPS) is 14.2. The summed E-state index contributed by atoms with van der Waals surface area (Å²) in [6, 6.07) is 20.4. The van der Waals surface area contributed by atoms with Crippen LogP contribution in [-0.2, 0) is 16.8 Å². The second kappa shape index (κ2) is 10.9. The average molecular weight is 473 g/mol. The molecule has 1 N–H and O–H groups in total. The molecule has 0 aliphatic carbocycles. The highest BCUT2D eigenvalue weighted by Gasteiger charge is 2.19. The van der Waals surface area contributed by atoms with E-state index in [0.717, 1.165) is 44.3 Å². The summed E-state index contributed by atoms with van der Waals surface area (Å²) in [7, 11) is 0. The van der Waals surface area contributed by atoms with Crippen molar-refractivity contribution < 1.29 is 9.53 Å². The SMILES string of the molecule is CCOCc1ccc(N2CCN(c3ccc(C(=O)Nc4cccc(C(C)(C)C)c4)cn3)CC2)cc1. The fraction of sp³-hybridized carbons (Fsp3) is 0.379. The standard InChI is InChI=1S/C29H36N4O2/c1-5-35-21-22-9-12-26(13-10-22)32-15-17-33(18-16-32)27-14-11-23(20-30-27)28(34)31-25-8-6-7-24(19-25)29(2,3)4/h6-14,19-20H,5,15-18,21H2,1-4H3,(H,31,34). The first-order valence-corrected chi connectivity index (χ1v) is 12.4. The van der Waals surface area contributed by atoms with Gasteiger partial charge in [0, 0.05) is 50.4 Å². The molecule has 0 bridgehead atoms. The molecule has 2 heterocycles. The van der Waals surface area contributed by atoms with E-state index < -0.39 is 0 Å². The number of aromatic nitrogens is 1. The first-order valence-electron chi connectivity index (χ1n) is 12.4. The van der Waals surface area contributed by atoms with Gasteiger partial charge in [0.25, 0.3) is 5.91 Å². The van der Waals surface area contributed by atoms with Crippen LogP contribution in [0, 0.1) is 0 Å². The summed E-state index contributed by atoms with van der Waals surface area (Å²) in [5.74, 6) is 0.760. The molecule has 0 radical (unpaired) electrons. The van der Waals surface area contributed by atoms with Gasteiger partial charge in [0.15, 0.2) is 0 Å². The molecule has 0 spiro atoms. The maximum absolute atomic E-state index is 12.8. The Labute approximate surface area is 208 Å². The molecule has 3 aromatic rings. The van der Waals surface area contributed by atoms with E-state index in [4.69, 9.17) is 4.74 Å². The highest BCUT2D eigenvalue weighted by Crippen LogP contribution is 2.25. The second-order valence-corrected chi connectivity index (χ2v) is 9.97. The number of hydrogen-bond donors (Lipinski definition) is 1. The van der Waals surface area contributed by atoms with Crippen LogP contribution in [0.15, 0.2) is 66.9 Å². The van der Waals surface area contributed by atoms with Gasteiger partial charge in [-0.2, -0.15) is 0 Å². The van der Waals surface area contributed by atoms with Gasteiger partial charge in [-0.05, 0) is 59.9 Å². The summed E-state index contributed by atoms with van der Waals surface area (Å²) >= 11 is 0. The molecule has 1 aliphatic rings. The molecule has 1 amide bonds. The predicted molar refractivity (Wildman–Crippen MR) is 144 cm³/mol. The van der Waals surface area contributed by atoms with E-state index in [1.807, 2.05) is 37.3 Å². The maximum Gasteiger partial charge on any atom is 0.257 e.